The molecule has 0 fully saturated rings. The number of halogens is 1. The van der Waals surface area contributed by atoms with Crippen LogP contribution in [-0.2, 0) is 6.54 Å². The van der Waals surface area contributed by atoms with Crippen molar-refractivity contribution in [1.29, 1.82) is 0 Å². The molecule has 4 heteroatoms. The Balaban J connectivity index is 2.79. The predicted octanol–water partition coefficient (Wildman–Crippen LogP) is 4.38. The van der Waals surface area contributed by atoms with Gasteiger partial charge in [-0.05, 0) is 52.5 Å². The van der Waals surface area contributed by atoms with Gasteiger partial charge >= 0.3 is 0 Å². The number of ether oxygens (including phenoxy) is 2. The SMILES string of the molecule is CCCNCc1cc(Br)c(OCC(C)CC)c(OC)c1. The van der Waals surface area contributed by atoms with Crippen molar-refractivity contribution in [1.82, 2.24) is 5.32 Å². The number of nitrogens with one attached hydrogen (secondary N) is 1. The Bertz CT molecular complexity index is 410. The summed E-state index contributed by atoms with van der Waals surface area (Å²) in [5.41, 5.74) is 1.19. The van der Waals surface area contributed by atoms with E-state index in [0.717, 1.165) is 41.9 Å². The van der Waals surface area contributed by atoms with Gasteiger partial charge in [-0.3, -0.25) is 0 Å². The maximum atomic E-state index is 5.90. The van der Waals surface area contributed by atoms with Gasteiger partial charge in [0.2, 0.25) is 0 Å². The van der Waals surface area contributed by atoms with Gasteiger partial charge in [0, 0.05) is 6.54 Å². The topological polar surface area (TPSA) is 30.5 Å². The van der Waals surface area contributed by atoms with Crippen LogP contribution in [0.15, 0.2) is 16.6 Å². The molecule has 0 spiro atoms. The molecule has 1 aromatic carbocycles. The smallest absolute Gasteiger partial charge is 0.175 e. The first-order valence-corrected chi connectivity index (χ1v) is 8.11. The fourth-order valence-electron chi connectivity index (χ4n) is 1.77. The molecule has 0 saturated heterocycles. The minimum atomic E-state index is 0.539. The molecule has 0 aromatic heterocycles. The molecular weight excluding hydrogens is 318 g/mol. The van der Waals surface area contributed by atoms with Crippen LogP contribution in [0.4, 0.5) is 0 Å². The average Bonchev–Trinajstić information content (AvgIpc) is 2.45. The van der Waals surface area contributed by atoms with Crippen LogP contribution in [0.5, 0.6) is 11.5 Å². The van der Waals surface area contributed by atoms with Crippen molar-refractivity contribution in [3.63, 3.8) is 0 Å². The lowest BCUT2D eigenvalue weighted by atomic mass is 10.1. The predicted molar refractivity (Wildman–Crippen MR) is 87.6 cm³/mol. The van der Waals surface area contributed by atoms with Crippen molar-refractivity contribution in [3.05, 3.63) is 22.2 Å². The third-order valence-corrected chi connectivity index (χ3v) is 3.84. The number of hydrogen-bond donors (Lipinski definition) is 1. The number of rotatable bonds is 9. The van der Waals surface area contributed by atoms with Gasteiger partial charge in [0.05, 0.1) is 18.2 Å². The van der Waals surface area contributed by atoms with Crippen molar-refractivity contribution < 1.29 is 9.47 Å². The highest BCUT2D eigenvalue weighted by Gasteiger charge is 2.12. The molecule has 1 rings (SSSR count). The molecule has 0 aliphatic carbocycles. The van der Waals surface area contributed by atoms with Gasteiger partial charge in [0.15, 0.2) is 11.5 Å². The van der Waals surface area contributed by atoms with E-state index in [4.69, 9.17) is 9.47 Å². The minimum Gasteiger partial charge on any atom is -0.493 e. The van der Waals surface area contributed by atoms with E-state index < -0.39 is 0 Å². The first-order chi connectivity index (χ1) is 9.62. The van der Waals surface area contributed by atoms with Crippen molar-refractivity contribution >= 4 is 15.9 Å². The van der Waals surface area contributed by atoms with E-state index in [1.165, 1.54) is 5.56 Å². The molecule has 0 saturated carbocycles. The van der Waals surface area contributed by atoms with Crippen LogP contribution >= 0.6 is 15.9 Å². The standard InChI is InChI=1S/C16H26BrNO2/c1-5-7-18-10-13-8-14(17)16(15(9-13)19-4)20-11-12(3)6-2/h8-9,12,18H,5-7,10-11H2,1-4H3. The molecule has 0 aliphatic rings. The second-order valence-electron chi connectivity index (χ2n) is 5.11. The van der Waals surface area contributed by atoms with E-state index in [1.807, 2.05) is 6.07 Å². The molecule has 0 heterocycles. The Morgan fingerprint density at radius 3 is 2.65 bits per heavy atom. The second kappa shape index (κ2) is 9.24. The Morgan fingerprint density at radius 2 is 2.05 bits per heavy atom. The molecule has 0 aliphatic heterocycles. The highest BCUT2D eigenvalue weighted by atomic mass is 79.9. The summed E-state index contributed by atoms with van der Waals surface area (Å²) < 4.78 is 12.3. The highest BCUT2D eigenvalue weighted by molar-refractivity contribution is 9.10. The van der Waals surface area contributed by atoms with Gasteiger partial charge in [-0.15, -0.1) is 0 Å². The largest absolute Gasteiger partial charge is 0.493 e. The van der Waals surface area contributed by atoms with Crippen molar-refractivity contribution in [3.8, 4) is 11.5 Å². The maximum Gasteiger partial charge on any atom is 0.175 e. The van der Waals surface area contributed by atoms with E-state index >= 15 is 0 Å². The molecule has 20 heavy (non-hydrogen) atoms. The third kappa shape index (κ3) is 5.33. The molecule has 3 nitrogen and oxygen atoms in total. The number of benzene rings is 1. The molecule has 1 aromatic rings. The van der Waals surface area contributed by atoms with E-state index in [1.54, 1.807) is 7.11 Å². The van der Waals surface area contributed by atoms with Gasteiger partial charge in [-0.2, -0.15) is 0 Å². The monoisotopic (exact) mass is 343 g/mol. The summed E-state index contributed by atoms with van der Waals surface area (Å²) in [4.78, 5) is 0. The van der Waals surface area contributed by atoms with Crippen LogP contribution in [0.2, 0.25) is 0 Å². The molecule has 0 radical (unpaired) electrons. The van der Waals surface area contributed by atoms with Crippen LogP contribution in [0, 0.1) is 5.92 Å². The number of methoxy groups -OCH3 is 1. The van der Waals surface area contributed by atoms with Crippen LogP contribution in [-0.4, -0.2) is 20.3 Å². The van der Waals surface area contributed by atoms with Crippen molar-refractivity contribution in [2.24, 2.45) is 5.92 Å². The lowest BCUT2D eigenvalue weighted by Gasteiger charge is -2.16. The summed E-state index contributed by atoms with van der Waals surface area (Å²) in [5.74, 6) is 2.13. The summed E-state index contributed by atoms with van der Waals surface area (Å²) in [6, 6.07) is 4.14. The second-order valence-corrected chi connectivity index (χ2v) is 5.96. The Morgan fingerprint density at radius 1 is 1.30 bits per heavy atom. The first-order valence-electron chi connectivity index (χ1n) is 7.32. The van der Waals surface area contributed by atoms with Gasteiger partial charge in [-0.1, -0.05) is 27.2 Å². The average molecular weight is 344 g/mol. The zero-order valence-corrected chi connectivity index (χ0v) is 14.5. The Hall–Kier alpha value is -0.740. The maximum absolute atomic E-state index is 5.90. The van der Waals surface area contributed by atoms with E-state index in [0.29, 0.717) is 12.5 Å². The molecule has 1 N–H and O–H groups in total. The Kier molecular flexibility index (Phi) is 8.00. The molecule has 0 amide bonds. The van der Waals surface area contributed by atoms with Gasteiger partial charge < -0.3 is 14.8 Å². The van der Waals surface area contributed by atoms with Crippen LogP contribution in [0.25, 0.3) is 0 Å². The first kappa shape index (κ1) is 17.3. The zero-order chi connectivity index (χ0) is 15.0. The Labute approximate surface area is 131 Å². The van der Waals surface area contributed by atoms with Crippen molar-refractivity contribution in [2.45, 2.75) is 40.2 Å². The quantitative estimate of drug-likeness (QED) is 0.674. The van der Waals surface area contributed by atoms with Crippen LogP contribution in [0.1, 0.15) is 39.2 Å². The van der Waals surface area contributed by atoms with Crippen LogP contribution in [0.3, 0.4) is 0 Å². The van der Waals surface area contributed by atoms with E-state index in [2.05, 4.69) is 48.1 Å². The highest BCUT2D eigenvalue weighted by Crippen LogP contribution is 2.37. The summed E-state index contributed by atoms with van der Waals surface area (Å²) in [7, 11) is 1.68. The van der Waals surface area contributed by atoms with Gasteiger partial charge in [0.25, 0.3) is 0 Å². The molecule has 1 atom stereocenters. The normalized spacial score (nSPS) is 12.2. The third-order valence-electron chi connectivity index (χ3n) is 3.25. The fourth-order valence-corrected chi connectivity index (χ4v) is 2.37. The molecular formula is C16H26BrNO2. The lowest BCUT2D eigenvalue weighted by molar-refractivity contribution is 0.243. The zero-order valence-electron chi connectivity index (χ0n) is 13.0. The summed E-state index contributed by atoms with van der Waals surface area (Å²) in [6.07, 6.45) is 2.24. The molecule has 0 bridgehead atoms. The summed E-state index contributed by atoms with van der Waals surface area (Å²) >= 11 is 3.59. The summed E-state index contributed by atoms with van der Waals surface area (Å²) in [6.45, 7) is 9.08. The van der Waals surface area contributed by atoms with Gasteiger partial charge in [-0.25, -0.2) is 0 Å². The molecule has 1 unspecified atom stereocenters. The van der Waals surface area contributed by atoms with Gasteiger partial charge in [0.1, 0.15) is 0 Å². The van der Waals surface area contributed by atoms with E-state index in [9.17, 15) is 0 Å². The van der Waals surface area contributed by atoms with Crippen molar-refractivity contribution in [2.75, 3.05) is 20.3 Å². The summed E-state index contributed by atoms with van der Waals surface area (Å²) in [5, 5.41) is 3.39. The fraction of sp³-hybridized carbons (Fsp3) is 0.625. The van der Waals surface area contributed by atoms with E-state index in [-0.39, 0.29) is 0 Å². The minimum absolute atomic E-state index is 0.539. The number of hydrogen-bond acceptors (Lipinski definition) is 3. The molecule has 114 valence electrons. The lowest BCUT2D eigenvalue weighted by Crippen LogP contribution is -2.14. The van der Waals surface area contributed by atoms with Crippen LogP contribution < -0.4 is 14.8 Å².